The van der Waals surface area contributed by atoms with E-state index in [-0.39, 0.29) is 12.0 Å². The molecule has 0 fully saturated rings. The van der Waals surface area contributed by atoms with Crippen LogP contribution in [0.25, 0.3) is 22.2 Å². The van der Waals surface area contributed by atoms with Crippen molar-refractivity contribution in [1.29, 1.82) is 0 Å². The number of halogens is 1. The van der Waals surface area contributed by atoms with E-state index >= 15 is 0 Å². The van der Waals surface area contributed by atoms with Gasteiger partial charge in [-0.25, -0.2) is 4.98 Å². The van der Waals surface area contributed by atoms with Crippen LogP contribution in [0.2, 0.25) is 0 Å². The average Bonchev–Trinajstić information content (AvgIpc) is 2.66. The van der Waals surface area contributed by atoms with Crippen molar-refractivity contribution in [2.75, 3.05) is 13.2 Å². The summed E-state index contributed by atoms with van der Waals surface area (Å²) < 4.78 is 6.46. The molecule has 0 bridgehead atoms. The van der Waals surface area contributed by atoms with Crippen LogP contribution in [0.1, 0.15) is 36.2 Å². The monoisotopic (exact) mass is 440 g/mol. The van der Waals surface area contributed by atoms with Gasteiger partial charge in [-0.1, -0.05) is 39.7 Å². The highest BCUT2D eigenvalue weighted by Crippen LogP contribution is 2.27. The molecule has 146 valence electrons. The van der Waals surface area contributed by atoms with Crippen molar-refractivity contribution in [1.82, 2.24) is 10.3 Å². The summed E-state index contributed by atoms with van der Waals surface area (Å²) in [5.74, 6) is -0.0936. The van der Waals surface area contributed by atoms with Gasteiger partial charge >= 0.3 is 0 Å². The first kappa shape index (κ1) is 20.5. The van der Waals surface area contributed by atoms with Gasteiger partial charge < -0.3 is 10.1 Å². The SMILES string of the molecule is Cc1cccc(-c2cc(C(=O)NCCCOC(C)C)c3cc(Br)ccc3n2)c1. The lowest BCUT2D eigenvalue weighted by atomic mass is 10.0. The zero-order valence-corrected chi connectivity index (χ0v) is 18.0. The van der Waals surface area contributed by atoms with Crippen LogP contribution in [-0.2, 0) is 4.74 Å². The number of nitrogens with one attached hydrogen (secondary N) is 1. The Kier molecular flexibility index (Phi) is 6.81. The normalized spacial score (nSPS) is 11.2. The minimum atomic E-state index is -0.0936. The molecule has 0 saturated carbocycles. The number of benzene rings is 2. The van der Waals surface area contributed by atoms with Gasteiger partial charge in [-0.3, -0.25) is 4.79 Å². The maximum atomic E-state index is 12.9. The van der Waals surface area contributed by atoms with Gasteiger partial charge in [-0.05, 0) is 57.5 Å². The summed E-state index contributed by atoms with van der Waals surface area (Å²) >= 11 is 3.50. The number of aromatic nitrogens is 1. The molecule has 0 saturated heterocycles. The number of carbonyl (C=O) groups excluding carboxylic acids is 1. The van der Waals surface area contributed by atoms with Gasteiger partial charge in [0.15, 0.2) is 0 Å². The van der Waals surface area contributed by atoms with E-state index in [2.05, 4.69) is 40.3 Å². The maximum absolute atomic E-state index is 12.9. The number of fused-ring (bicyclic) bond motifs is 1. The van der Waals surface area contributed by atoms with Gasteiger partial charge in [0, 0.05) is 28.6 Å². The summed E-state index contributed by atoms with van der Waals surface area (Å²) in [6.45, 7) is 7.27. The summed E-state index contributed by atoms with van der Waals surface area (Å²) in [6.07, 6.45) is 0.982. The van der Waals surface area contributed by atoms with Crippen molar-refractivity contribution in [3.05, 3.63) is 64.1 Å². The fraction of sp³-hybridized carbons (Fsp3) is 0.304. The first-order chi connectivity index (χ1) is 13.4. The average molecular weight is 441 g/mol. The van der Waals surface area contributed by atoms with Gasteiger partial charge in [0.25, 0.3) is 5.91 Å². The third-order valence-electron chi connectivity index (χ3n) is 4.39. The summed E-state index contributed by atoms with van der Waals surface area (Å²) in [6, 6.07) is 15.9. The van der Waals surface area contributed by atoms with Gasteiger partial charge in [0.1, 0.15) is 0 Å². The first-order valence-electron chi connectivity index (χ1n) is 9.51. The zero-order chi connectivity index (χ0) is 20.1. The number of hydrogen-bond donors (Lipinski definition) is 1. The van der Waals surface area contributed by atoms with E-state index in [0.29, 0.717) is 18.7 Å². The Morgan fingerprint density at radius 3 is 2.75 bits per heavy atom. The lowest BCUT2D eigenvalue weighted by Crippen LogP contribution is -2.26. The standard InChI is InChI=1S/C23H25BrN2O2/c1-15(2)28-11-5-10-25-23(27)20-14-22(17-7-4-6-16(3)12-17)26-21-9-8-18(24)13-19(20)21/h4,6-9,12-15H,5,10-11H2,1-3H3,(H,25,27). The molecule has 0 atom stereocenters. The molecule has 1 heterocycles. The summed E-state index contributed by atoms with van der Waals surface area (Å²) in [5, 5.41) is 3.85. The number of amides is 1. The minimum Gasteiger partial charge on any atom is -0.379 e. The van der Waals surface area contributed by atoms with Crippen LogP contribution < -0.4 is 5.32 Å². The Morgan fingerprint density at radius 2 is 2.00 bits per heavy atom. The van der Waals surface area contributed by atoms with E-state index in [4.69, 9.17) is 9.72 Å². The highest BCUT2D eigenvalue weighted by molar-refractivity contribution is 9.10. The molecule has 3 rings (SSSR count). The molecule has 2 aromatic carbocycles. The Morgan fingerprint density at radius 1 is 1.18 bits per heavy atom. The van der Waals surface area contributed by atoms with Crippen LogP contribution in [0.15, 0.2) is 53.0 Å². The third-order valence-corrected chi connectivity index (χ3v) is 4.88. The fourth-order valence-corrected chi connectivity index (χ4v) is 3.39. The van der Waals surface area contributed by atoms with Crippen molar-refractivity contribution in [2.24, 2.45) is 0 Å². The zero-order valence-electron chi connectivity index (χ0n) is 16.5. The summed E-state index contributed by atoms with van der Waals surface area (Å²) in [5.41, 5.74) is 4.39. The number of pyridine rings is 1. The van der Waals surface area contributed by atoms with Gasteiger partial charge in [0.2, 0.25) is 0 Å². The second kappa shape index (κ2) is 9.30. The van der Waals surface area contributed by atoms with Crippen molar-refractivity contribution in [3.8, 4) is 11.3 Å². The van der Waals surface area contributed by atoms with E-state index in [1.54, 1.807) is 0 Å². The Balaban J connectivity index is 1.90. The Hall–Kier alpha value is -2.24. The van der Waals surface area contributed by atoms with Crippen molar-refractivity contribution >= 4 is 32.7 Å². The highest BCUT2D eigenvalue weighted by atomic mass is 79.9. The number of aryl methyl sites for hydroxylation is 1. The maximum Gasteiger partial charge on any atom is 0.252 e. The van der Waals surface area contributed by atoms with Crippen LogP contribution in [0.5, 0.6) is 0 Å². The number of hydrogen-bond acceptors (Lipinski definition) is 3. The largest absolute Gasteiger partial charge is 0.379 e. The van der Waals surface area contributed by atoms with Gasteiger partial charge in [-0.2, -0.15) is 0 Å². The third kappa shape index (κ3) is 5.18. The molecule has 0 spiro atoms. The molecular weight excluding hydrogens is 416 g/mol. The van der Waals surface area contributed by atoms with E-state index < -0.39 is 0 Å². The first-order valence-corrected chi connectivity index (χ1v) is 10.3. The molecule has 28 heavy (non-hydrogen) atoms. The summed E-state index contributed by atoms with van der Waals surface area (Å²) in [7, 11) is 0. The predicted octanol–water partition coefficient (Wildman–Crippen LogP) is 5.52. The molecule has 3 aromatic rings. The summed E-state index contributed by atoms with van der Waals surface area (Å²) in [4.78, 5) is 17.7. The van der Waals surface area contributed by atoms with Crippen LogP contribution in [0.3, 0.4) is 0 Å². The topological polar surface area (TPSA) is 51.2 Å². The lowest BCUT2D eigenvalue weighted by molar-refractivity contribution is 0.0757. The predicted molar refractivity (Wildman–Crippen MR) is 118 cm³/mol. The highest BCUT2D eigenvalue weighted by Gasteiger charge is 2.14. The molecule has 5 heteroatoms. The van der Waals surface area contributed by atoms with Crippen LogP contribution in [-0.4, -0.2) is 30.1 Å². The van der Waals surface area contributed by atoms with Gasteiger partial charge in [-0.15, -0.1) is 0 Å². The molecule has 0 aliphatic carbocycles. The van der Waals surface area contributed by atoms with Crippen molar-refractivity contribution in [3.63, 3.8) is 0 Å². The Labute approximate surface area is 174 Å². The number of nitrogens with zero attached hydrogens (tertiary/aromatic N) is 1. The fourth-order valence-electron chi connectivity index (χ4n) is 3.03. The molecule has 4 nitrogen and oxygen atoms in total. The van der Waals surface area contributed by atoms with E-state index in [1.807, 2.05) is 50.2 Å². The van der Waals surface area contributed by atoms with Crippen molar-refractivity contribution in [2.45, 2.75) is 33.3 Å². The molecular formula is C23H25BrN2O2. The molecule has 0 radical (unpaired) electrons. The molecule has 1 N–H and O–H groups in total. The van der Waals surface area contributed by atoms with Gasteiger partial charge in [0.05, 0.1) is 22.9 Å². The lowest BCUT2D eigenvalue weighted by Gasteiger charge is -2.12. The number of carbonyl (C=O) groups is 1. The minimum absolute atomic E-state index is 0.0936. The second-order valence-corrected chi connectivity index (χ2v) is 8.03. The second-order valence-electron chi connectivity index (χ2n) is 7.12. The molecule has 1 aromatic heterocycles. The van der Waals surface area contributed by atoms with Crippen molar-refractivity contribution < 1.29 is 9.53 Å². The number of ether oxygens (including phenoxy) is 1. The molecule has 0 aliphatic rings. The Bertz CT molecular complexity index is 985. The van der Waals surface area contributed by atoms with E-state index in [1.165, 1.54) is 0 Å². The molecule has 1 amide bonds. The van der Waals surface area contributed by atoms with E-state index in [0.717, 1.165) is 38.6 Å². The van der Waals surface area contributed by atoms with Crippen LogP contribution in [0, 0.1) is 6.92 Å². The quantitative estimate of drug-likeness (QED) is 0.492. The molecule has 0 aliphatic heterocycles. The molecule has 0 unspecified atom stereocenters. The van der Waals surface area contributed by atoms with Crippen LogP contribution >= 0.6 is 15.9 Å². The smallest absolute Gasteiger partial charge is 0.252 e. The van der Waals surface area contributed by atoms with Crippen LogP contribution in [0.4, 0.5) is 0 Å². The number of rotatable bonds is 7. The van der Waals surface area contributed by atoms with E-state index in [9.17, 15) is 4.79 Å².